The molecule has 0 bridgehead atoms. The maximum Gasteiger partial charge on any atom is 0.339 e. The third-order valence-corrected chi connectivity index (χ3v) is 2.86. The maximum absolute atomic E-state index is 13.0. The summed E-state index contributed by atoms with van der Waals surface area (Å²) in [6, 6.07) is 5.47. The van der Waals surface area contributed by atoms with Crippen molar-refractivity contribution in [1.29, 1.82) is 0 Å². The molecule has 0 aliphatic carbocycles. The number of carbonyl (C=O) groups is 1. The summed E-state index contributed by atoms with van der Waals surface area (Å²) in [7, 11) is 0. The highest BCUT2D eigenvalue weighted by Crippen LogP contribution is 2.19. The van der Waals surface area contributed by atoms with Crippen LogP contribution in [0.3, 0.4) is 0 Å². The zero-order valence-electron chi connectivity index (χ0n) is 9.44. The number of hydrogen-bond acceptors (Lipinski definition) is 4. The average Bonchev–Trinajstić information content (AvgIpc) is 2.75. The molecule has 6 heteroatoms. The van der Waals surface area contributed by atoms with Gasteiger partial charge in [-0.1, -0.05) is 5.16 Å². The van der Waals surface area contributed by atoms with Crippen LogP contribution in [0.5, 0.6) is 0 Å². The molecule has 18 heavy (non-hydrogen) atoms. The van der Waals surface area contributed by atoms with Gasteiger partial charge in [-0.2, -0.15) is 0 Å². The summed E-state index contributed by atoms with van der Waals surface area (Å²) in [6.45, 7) is 1.72. The molecule has 0 N–H and O–H groups in total. The lowest BCUT2D eigenvalue weighted by molar-refractivity contribution is 0.0435. The number of esters is 1. The summed E-state index contributed by atoms with van der Waals surface area (Å²) in [6.07, 6.45) is 0. The van der Waals surface area contributed by atoms with Crippen LogP contribution in [0.1, 0.15) is 21.8 Å². The van der Waals surface area contributed by atoms with Crippen molar-refractivity contribution in [2.24, 2.45) is 0 Å². The van der Waals surface area contributed by atoms with Crippen molar-refractivity contribution in [2.75, 3.05) is 0 Å². The van der Waals surface area contributed by atoms with Crippen molar-refractivity contribution in [1.82, 2.24) is 5.16 Å². The Morgan fingerprint density at radius 2 is 2.28 bits per heavy atom. The van der Waals surface area contributed by atoms with Crippen LogP contribution < -0.4 is 0 Å². The van der Waals surface area contributed by atoms with E-state index in [4.69, 9.17) is 9.26 Å². The van der Waals surface area contributed by atoms with E-state index in [-0.39, 0.29) is 12.2 Å². The Bertz CT molecular complexity index is 582. The number of aromatic nitrogens is 1. The lowest BCUT2D eigenvalue weighted by Crippen LogP contribution is -2.06. The molecule has 0 saturated carbocycles. The molecule has 0 amide bonds. The Hall–Kier alpha value is -1.69. The first-order valence-corrected chi connectivity index (χ1v) is 5.90. The molecular weight excluding hydrogens is 305 g/mol. The second-order valence-electron chi connectivity index (χ2n) is 3.63. The first-order valence-electron chi connectivity index (χ1n) is 5.10. The van der Waals surface area contributed by atoms with Gasteiger partial charge in [0.1, 0.15) is 5.82 Å². The Labute approximate surface area is 111 Å². The largest absolute Gasteiger partial charge is 0.454 e. The van der Waals surface area contributed by atoms with E-state index in [1.54, 1.807) is 13.0 Å². The lowest BCUT2D eigenvalue weighted by atomic mass is 10.2. The van der Waals surface area contributed by atoms with Crippen LogP contribution >= 0.6 is 15.9 Å². The summed E-state index contributed by atoms with van der Waals surface area (Å²) in [5, 5.41) is 3.66. The van der Waals surface area contributed by atoms with E-state index in [2.05, 4.69) is 21.1 Å². The van der Waals surface area contributed by atoms with E-state index < -0.39 is 11.8 Å². The zero-order chi connectivity index (χ0) is 13.1. The number of rotatable bonds is 3. The van der Waals surface area contributed by atoms with Crippen LogP contribution in [-0.4, -0.2) is 11.1 Å². The molecule has 0 unspecified atom stereocenters. The van der Waals surface area contributed by atoms with Gasteiger partial charge in [0, 0.05) is 10.5 Å². The maximum atomic E-state index is 13.0. The number of nitrogens with zero attached hydrogens (tertiary/aromatic N) is 1. The first-order chi connectivity index (χ1) is 8.56. The molecular formula is C12H9BrFNO3. The van der Waals surface area contributed by atoms with Gasteiger partial charge in [0.05, 0.1) is 11.3 Å². The van der Waals surface area contributed by atoms with Gasteiger partial charge in [-0.25, -0.2) is 9.18 Å². The normalized spacial score (nSPS) is 10.4. The highest BCUT2D eigenvalue weighted by atomic mass is 79.9. The van der Waals surface area contributed by atoms with E-state index >= 15 is 0 Å². The molecule has 0 aliphatic rings. The fourth-order valence-corrected chi connectivity index (χ4v) is 1.76. The van der Waals surface area contributed by atoms with E-state index in [1.165, 1.54) is 12.1 Å². The van der Waals surface area contributed by atoms with Crippen molar-refractivity contribution in [3.8, 4) is 0 Å². The van der Waals surface area contributed by atoms with Crippen LogP contribution in [0.15, 0.2) is 33.3 Å². The number of hydrogen-bond donors (Lipinski definition) is 0. The summed E-state index contributed by atoms with van der Waals surface area (Å²) in [5.74, 6) is -0.690. The van der Waals surface area contributed by atoms with E-state index in [1.807, 2.05) is 0 Å². The third kappa shape index (κ3) is 2.95. The predicted octanol–water partition coefficient (Wildman–Crippen LogP) is 3.24. The van der Waals surface area contributed by atoms with Gasteiger partial charge in [0.2, 0.25) is 0 Å². The number of ether oxygens (including phenoxy) is 1. The molecule has 1 heterocycles. The fourth-order valence-electron chi connectivity index (χ4n) is 1.35. The average molecular weight is 314 g/mol. The Balaban J connectivity index is 2.05. The second kappa shape index (κ2) is 5.30. The van der Waals surface area contributed by atoms with Crippen molar-refractivity contribution in [3.63, 3.8) is 0 Å². The highest BCUT2D eigenvalue weighted by Gasteiger charge is 2.13. The first kappa shape index (κ1) is 12.8. The highest BCUT2D eigenvalue weighted by molar-refractivity contribution is 9.10. The summed E-state index contributed by atoms with van der Waals surface area (Å²) in [5.41, 5.74) is 0.833. The molecule has 0 radical (unpaired) electrons. The number of benzene rings is 1. The standard InChI is InChI=1S/C12H9BrFNO3/c1-7-4-9(18-15-7)6-17-12(16)10-5-8(14)2-3-11(10)13/h2-5H,6H2,1H3. The van der Waals surface area contributed by atoms with Crippen LogP contribution in [0.2, 0.25) is 0 Å². The molecule has 94 valence electrons. The quantitative estimate of drug-likeness (QED) is 0.816. The summed E-state index contributed by atoms with van der Waals surface area (Å²) >= 11 is 3.16. The van der Waals surface area contributed by atoms with E-state index in [9.17, 15) is 9.18 Å². The Kier molecular flexibility index (Phi) is 3.76. The van der Waals surface area contributed by atoms with E-state index in [0.29, 0.717) is 15.9 Å². The van der Waals surface area contributed by atoms with Crippen molar-refractivity contribution in [3.05, 3.63) is 51.6 Å². The molecule has 0 aliphatic heterocycles. The van der Waals surface area contributed by atoms with Crippen molar-refractivity contribution < 1.29 is 18.4 Å². The van der Waals surface area contributed by atoms with Crippen LogP contribution in [0, 0.1) is 12.7 Å². The van der Waals surface area contributed by atoms with Crippen molar-refractivity contribution >= 4 is 21.9 Å². The van der Waals surface area contributed by atoms with Gasteiger partial charge >= 0.3 is 5.97 Å². The molecule has 1 aromatic heterocycles. The minimum absolute atomic E-state index is 0.0391. The summed E-state index contributed by atoms with van der Waals surface area (Å²) in [4.78, 5) is 11.7. The van der Waals surface area contributed by atoms with Gasteiger partial charge in [-0.3, -0.25) is 0 Å². The monoisotopic (exact) mass is 313 g/mol. The Morgan fingerprint density at radius 1 is 1.50 bits per heavy atom. The fraction of sp³-hybridized carbons (Fsp3) is 0.167. The third-order valence-electron chi connectivity index (χ3n) is 2.17. The van der Waals surface area contributed by atoms with Gasteiger partial charge in [0.25, 0.3) is 0 Å². The van der Waals surface area contributed by atoms with Gasteiger partial charge < -0.3 is 9.26 Å². The smallest absolute Gasteiger partial charge is 0.339 e. The van der Waals surface area contributed by atoms with E-state index in [0.717, 1.165) is 6.07 Å². The molecule has 0 saturated heterocycles. The van der Waals surface area contributed by atoms with Crippen LogP contribution in [0.25, 0.3) is 0 Å². The minimum Gasteiger partial charge on any atom is -0.454 e. The SMILES string of the molecule is Cc1cc(COC(=O)c2cc(F)ccc2Br)on1. The molecule has 4 nitrogen and oxygen atoms in total. The lowest BCUT2D eigenvalue weighted by Gasteiger charge is -2.04. The molecule has 1 aromatic carbocycles. The van der Waals surface area contributed by atoms with Crippen LogP contribution in [0.4, 0.5) is 4.39 Å². The minimum atomic E-state index is -0.629. The zero-order valence-corrected chi connectivity index (χ0v) is 11.0. The summed E-state index contributed by atoms with van der Waals surface area (Å²) < 4.78 is 23.4. The van der Waals surface area contributed by atoms with Gasteiger partial charge in [-0.05, 0) is 41.1 Å². The molecule has 2 aromatic rings. The molecule has 0 atom stereocenters. The topological polar surface area (TPSA) is 52.3 Å². The number of aryl methyl sites for hydroxylation is 1. The second-order valence-corrected chi connectivity index (χ2v) is 4.49. The predicted molar refractivity (Wildman–Crippen MR) is 64.5 cm³/mol. The molecule has 0 fully saturated rings. The number of halogens is 2. The molecule has 2 rings (SSSR count). The van der Waals surface area contributed by atoms with Crippen LogP contribution in [-0.2, 0) is 11.3 Å². The Morgan fingerprint density at radius 3 is 2.94 bits per heavy atom. The van der Waals surface area contributed by atoms with Gasteiger partial charge in [-0.15, -0.1) is 0 Å². The van der Waals surface area contributed by atoms with Crippen molar-refractivity contribution in [2.45, 2.75) is 13.5 Å². The molecule has 0 spiro atoms. The van der Waals surface area contributed by atoms with Gasteiger partial charge in [0.15, 0.2) is 12.4 Å². The number of carbonyl (C=O) groups excluding carboxylic acids is 1.